The van der Waals surface area contributed by atoms with Crippen LogP contribution in [0.3, 0.4) is 0 Å². The zero-order valence-electron chi connectivity index (χ0n) is 14.1. The third-order valence-corrected chi connectivity index (χ3v) is 5.02. The molecule has 4 rings (SSSR count). The van der Waals surface area contributed by atoms with Gasteiger partial charge in [0.15, 0.2) is 11.5 Å². The van der Waals surface area contributed by atoms with E-state index in [-0.39, 0.29) is 18.6 Å². The Morgan fingerprint density at radius 2 is 1.88 bits per heavy atom. The van der Waals surface area contributed by atoms with E-state index in [4.69, 9.17) is 21.1 Å². The van der Waals surface area contributed by atoms with E-state index in [1.165, 1.54) is 0 Å². The highest BCUT2D eigenvalue weighted by Crippen LogP contribution is 2.36. The highest BCUT2D eigenvalue weighted by Gasteiger charge is 2.36. The molecule has 26 heavy (non-hydrogen) atoms. The lowest BCUT2D eigenvalue weighted by Gasteiger charge is -2.39. The second-order valence-electron chi connectivity index (χ2n) is 6.18. The minimum atomic E-state index is -0.585. The van der Waals surface area contributed by atoms with Crippen LogP contribution < -0.4 is 14.4 Å². The molecular formula is C19H17ClN2O4. The van der Waals surface area contributed by atoms with Crippen LogP contribution in [0.2, 0.25) is 5.02 Å². The number of hydrogen-bond donors (Lipinski definition) is 0. The average molecular weight is 373 g/mol. The monoisotopic (exact) mass is 372 g/mol. The molecule has 2 amide bonds. The fourth-order valence-electron chi connectivity index (χ4n) is 3.25. The Morgan fingerprint density at radius 1 is 1.12 bits per heavy atom. The van der Waals surface area contributed by atoms with Crippen molar-refractivity contribution in [2.24, 2.45) is 0 Å². The molecule has 0 aliphatic carbocycles. The molecule has 6 nitrogen and oxygen atoms in total. The van der Waals surface area contributed by atoms with Gasteiger partial charge in [-0.1, -0.05) is 23.7 Å². The van der Waals surface area contributed by atoms with Crippen molar-refractivity contribution < 1.29 is 19.1 Å². The van der Waals surface area contributed by atoms with Crippen LogP contribution in [0.5, 0.6) is 11.5 Å². The number of carbonyl (C=O) groups excluding carboxylic acids is 2. The summed E-state index contributed by atoms with van der Waals surface area (Å²) in [5.41, 5.74) is 1.14. The number of anilines is 1. The highest BCUT2D eigenvalue weighted by molar-refractivity contribution is 6.33. The van der Waals surface area contributed by atoms with Gasteiger partial charge < -0.3 is 19.3 Å². The van der Waals surface area contributed by atoms with Gasteiger partial charge in [0.05, 0.1) is 10.6 Å². The first-order chi connectivity index (χ1) is 12.6. The van der Waals surface area contributed by atoms with Crippen molar-refractivity contribution in [1.82, 2.24) is 4.90 Å². The number of hydrogen-bond acceptors (Lipinski definition) is 4. The Hall–Kier alpha value is -2.73. The molecule has 2 heterocycles. The van der Waals surface area contributed by atoms with E-state index in [2.05, 4.69) is 0 Å². The summed E-state index contributed by atoms with van der Waals surface area (Å²) >= 11 is 6.13. The molecule has 1 fully saturated rings. The second-order valence-corrected chi connectivity index (χ2v) is 6.59. The Kier molecular flexibility index (Phi) is 4.20. The minimum absolute atomic E-state index is 0.143. The van der Waals surface area contributed by atoms with Crippen molar-refractivity contribution in [3.8, 4) is 11.5 Å². The van der Waals surface area contributed by atoms with Crippen LogP contribution in [0.15, 0.2) is 42.5 Å². The molecule has 0 N–H and O–H groups in total. The predicted molar refractivity (Wildman–Crippen MR) is 96.9 cm³/mol. The standard InChI is InChI=1S/C19H17ClN2O4/c1-12-18(23)22(13-6-7-16-17(10-13)26-11-25-16)9-8-21(12)19(24)14-4-2-3-5-15(14)20/h2-7,10,12H,8-9,11H2,1H3/t12-/m0/s1. The Bertz CT molecular complexity index is 886. The van der Waals surface area contributed by atoms with Gasteiger partial charge in [-0.05, 0) is 31.2 Å². The lowest BCUT2D eigenvalue weighted by molar-refractivity contribution is -0.124. The number of halogens is 1. The zero-order chi connectivity index (χ0) is 18.3. The topological polar surface area (TPSA) is 59.1 Å². The number of ether oxygens (including phenoxy) is 2. The number of rotatable bonds is 2. The van der Waals surface area contributed by atoms with E-state index in [1.54, 1.807) is 53.1 Å². The van der Waals surface area contributed by atoms with E-state index >= 15 is 0 Å². The maximum absolute atomic E-state index is 12.9. The third kappa shape index (κ3) is 2.76. The summed E-state index contributed by atoms with van der Waals surface area (Å²) in [5, 5.41) is 0.385. The number of fused-ring (bicyclic) bond motifs is 1. The molecule has 0 radical (unpaired) electrons. The van der Waals surface area contributed by atoms with E-state index in [0.29, 0.717) is 35.2 Å². The average Bonchev–Trinajstić information content (AvgIpc) is 3.11. The van der Waals surface area contributed by atoms with Crippen LogP contribution in [0, 0.1) is 0 Å². The van der Waals surface area contributed by atoms with E-state index in [1.807, 2.05) is 6.07 Å². The summed E-state index contributed by atoms with van der Waals surface area (Å²) in [6.45, 7) is 2.74. The Labute approximate surface area is 155 Å². The van der Waals surface area contributed by atoms with Gasteiger partial charge in [0.25, 0.3) is 5.91 Å². The van der Waals surface area contributed by atoms with E-state index in [0.717, 1.165) is 5.69 Å². The number of nitrogens with zero attached hydrogens (tertiary/aromatic N) is 2. The van der Waals surface area contributed by atoms with Crippen LogP contribution in [-0.2, 0) is 4.79 Å². The molecule has 2 aromatic carbocycles. The SMILES string of the molecule is C[C@H]1C(=O)N(c2ccc3c(c2)OCO3)CCN1C(=O)c1ccccc1Cl. The lowest BCUT2D eigenvalue weighted by Crippen LogP contribution is -2.57. The summed E-state index contributed by atoms with van der Waals surface area (Å²) < 4.78 is 10.7. The number of piperazine rings is 1. The fraction of sp³-hybridized carbons (Fsp3) is 0.263. The molecule has 1 atom stereocenters. The van der Waals surface area contributed by atoms with Crippen molar-refractivity contribution in [1.29, 1.82) is 0 Å². The third-order valence-electron chi connectivity index (χ3n) is 4.69. The molecule has 0 aromatic heterocycles. The minimum Gasteiger partial charge on any atom is -0.454 e. The second kappa shape index (κ2) is 6.53. The van der Waals surface area contributed by atoms with E-state index in [9.17, 15) is 9.59 Å². The lowest BCUT2D eigenvalue weighted by atomic mass is 10.1. The van der Waals surface area contributed by atoms with Crippen LogP contribution in [0.4, 0.5) is 5.69 Å². The normalized spacial score (nSPS) is 19.0. The maximum atomic E-state index is 12.9. The van der Waals surface area contributed by atoms with Crippen LogP contribution in [0.25, 0.3) is 0 Å². The van der Waals surface area contributed by atoms with Crippen molar-refractivity contribution in [3.05, 3.63) is 53.1 Å². The largest absolute Gasteiger partial charge is 0.454 e. The first-order valence-electron chi connectivity index (χ1n) is 8.33. The van der Waals surface area contributed by atoms with Gasteiger partial charge in [-0.15, -0.1) is 0 Å². The van der Waals surface area contributed by atoms with Crippen molar-refractivity contribution in [3.63, 3.8) is 0 Å². The van der Waals surface area contributed by atoms with Crippen molar-refractivity contribution in [2.75, 3.05) is 24.8 Å². The quantitative estimate of drug-likeness (QED) is 0.813. The number of benzene rings is 2. The van der Waals surface area contributed by atoms with Gasteiger partial charge in [0.2, 0.25) is 12.7 Å². The summed E-state index contributed by atoms with van der Waals surface area (Å²) in [5.74, 6) is 0.914. The molecule has 0 unspecified atom stereocenters. The number of amides is 2. The highest BCUT2D eigenvalue weighted by atomic mass is 35.5. The zero-order valence-corrected chi connectivity index (χ0v) is 14.9. The Balaban J connectivity index is 1.56. The van der Waals surface area contributed by atoms with Crippen LogP contribution in [0.1, 0.15) is 17.3 Å². The molecule has 0 saturated carbocycles. The van der Waals surface area contributed by atoms with Crippen molar-refractivity contribution >= 4 is 29.1 Å². The molecule has 0 spiro atoms. The molecular weight excluding hydrogens is 356 g/mol. The first-order valence-corrected chi connectivity index (χ1v) is 8.70. The molecule has 0 bridgehead atoms. The van der Waals surface area contributed by atoms with Gasteiger partial charge in [-0.2, -0.15) is 0 Å². The summed E-state index contributed by atoms with van der Waals surface area (Å²) in [6, 6.07) is 11.7. The number of carbonyl (C=O) groups is 2. The van der Waals surface area contributed by atoms with Crippen molar-refractivity contribution in [2.45, 2.75) is 13.0 Å². The summed E-state index contributed by atoms with van der Waals surface area (Å²) in [4.78, 5) is 28.9. The molecule has 2 aliphatic rings. The van der Waals surface area contributed by atoms with E-state index < -0.39 is 6.04 Å². The molecule has 2 aliphatic heterocycles. The van der Waals surface area contributed by atoms with Crippen LogP contribution in [-0.4, -0.2) is 42.6 Å². The molecule has 2 aromatic rings. The predicted octanol–water partition coefficient (Wildman–Crippen LogP) is 2.95. The smallest absolute Gasteiger partial charge is 0.256 e. The molecule has 1 saturated heterocycles. The van der Waals surface area contributed by atoms with Gasteiger partial charge in [-0.25, -0.2) is 0 Å². The van der Waals surface area contributed by atoms with Gasteiger partial charge >= 0.3 is 0 Å². The molecule has 7 heteroatoms. The van der Waals surface area contributed by atoms with Gasteiger partial charge in [0, 0.05) is 24.8 Å². The fourth-order valence-corrected chi connectivity index (χ4v) is 3.46. The maximum Gasteiger partial charge on any atom is 0.256 e. The summed E-state index contributed by atoms with van der Waals surface area (Å²) in [7, 11) is 0. The summed E-state index contributed by atoms with van der Waals surface area (Å²) in [6.07, 6.45) is 0. The Morgan fingerprint density at radius 3 is 2.69 bits per heavy atom. The van der Waals surface area contributed by atoms with Gasteiger partial charge in [-0.3, -0.25) is 9.59 Å². The molecule has 134 valence electrons. The van der Waals surface area contributed by atoms with Gasteiger partial charge in [0.1, 0.15) is 6.04 Å². The first kappa shape index (κ1) is 16.7. The van der Waals surface area contributed by atoms with Crippen LogP contribution >= 0.6 is 11.6 Å².